The molecule has 4 N–H and O–H groups in total. The molecule has 1 rings (SSSR count). The number of unbranched alkanes of at least 4 members (excludes halogenated alkanes) is 14. The van der Waals surface area contributed by atoms with Gasteiger partial charge in [0.15, 0.2) is 11.9 Å². The molecular formula is C40H70NO10P. The zero-order valence-electron chi connectivity index (χ0n) is 32.1. The van der Waals surface area contributed by atoms with Gasteiger partial charge < -0.3 is 25.2 Å². The van der Waals surface area contributed by atoms with Crippen molar-refractivity contribution in [3.63, 3.8) is 0 Å². The third-order valence-corrected chi connectivity index (χ3v) is 10.0. The van der Waals surface area contributed by atoms with E-state index >= 15 is 0 Å². The molecule has 0 amide bonds. The second-order valence-electron chi connectivity index (χ2n) is 13.8. The van der Waals surface area contributed by atoms with Crippen molar-refractivity contribution < 1.29 is 47.5 Å². The first-order valence-electron chi connectivity index (χ1n) is 20.0. The molecule has 0 saturated carbocycles. The summed E-state index contributed by atoms with van der Waals surface area (Å²) in [5, 5.41) is 10.2. The monoisotopic (exact) mass is 755 g/mol. The molecular weight excluding hydrogens is 685 g/mol. The molecule has 0 aromatic carbocycles. The molecule has 0 spiro atoms. The Bertz CT molecular complexity index is 1090. The molecule has 300 valence electrons. The third-order valence-electron chi connectivity index (χ3n) is 9.03. The van der Waals surface area contributed by atoms with Gasteiger partial charge in [-0.2, -0.15) is 0 Å². The van der Waals surface area contributed by atoms with Crippen LogP contribution in [0.3, 0.4) is 0 Å². The minimum Gasteiger partial charge on any atom is -0.462 e. The van der Waals surface area contributed by atoms with Gasteiger partial charge in [-0.1, -0.05) is 134 Å². The molecule has 12 heteroatoms. The zero-order chi connectivity index (χ0) is 38.3. The average molecular weight is 756 g/mol. The molecule has 5 atom stereocenters. The molecule has 11 nitrogen and oxygen atoms in total. The minimum atomic E-state index is -4.42. The Morgan fingerprint density at radius 1 is 0.846 bits per heavy atom. The molecule has 0 heterocycles. The Morgan fingerprint density at radius 3 is 2.12 bits per heavy atom. The van der Waals surface area contributed by atoms with Gasteiger partial charge in [-0.25, -0.2) is 4.57 Å². The summed E-state index contributed by atoms with van der Waals surface area (Å²) in [6.07, 6.45) is 29.5. The lowest BCUT2D eigenvalue weighted by atomic mass is 9.90. The fraction of sp³-hybridized carbons (Fsp3) is 0.775. The number of aliphatic hydroxyl groups excluding tert-OH is 1. The van der Waals surface area contributed by atoms with Crippen LogP contribution in [0, 0.1) is 11.8 Å². The molecule has 1 aliphatic carbocycles. The van der Waals surface area contributed by atoms with E-state index in [-0.39, 0.29) is 50.2 Å². The van der Waals surface area contributed by atoms with Gasteiger partial charge in [0.1, 0.15) is 6.61 Å². The van der Waals surface area contributed by atoms with Crippen LogP contribution in [0.1, 0.15) is 149 Å². The van der Waals surface area contributed by atoms with Crippen LogP contribution in [0.5, 0.6) is 0 Å². The van der Waals surface area contributed by atoms with Crippen molar-refractivity contribution in [3.8, 4) is 0 Å². The number of phosphoric acid groups is 1. The molecule has 0 aliphatic heterocycles. The van der Waals surface area contributed by atoms with Crippen LogP contribution >= 0.6 is 7.82 Å². The smallest absolute Gasteiger partial charge is 0.462 e. The number of allylic oxidation sites excluding steroid dienone is 5. The van der Waals surface area contributed by atoms with Gasteiger partial charge in [0.05, 0.1) is 19.3 Å². The maximum atomic E-state index is 12.6. The largest absolute Gasteiger partial charge is 0.472 e. The van der Waals surface area contributed by atoms with E-state index < -0.39 is 38.6 Å². The summed E-state index contributed by atoms with van der Waals surface area (Å²) >= 11 is 0. The van der Waals surface area contributed by atoms with E-state index in [1.165, 1.54) is 51.4 Å². The Kier molecular flexibility index (Phi) is 28.8. The van der Waals surface area contributed by atoms with Crippen molar-refractivity contribution >= 4 is 25.5 Å². The van der Waals surface area contributed by atoms with Gasteiger partial charge >= 0.3 is 19.8 Å². The summed E-state index contributed by atoms with van der Waals surface area (Å²) in [5.74, 6) is -1.18. The van der Waals surface area contributed by atoms with Gasteiger partial charge in [0, 0.05) is 25.3 Å². The van der Waals surface area contributed by atoms with Gasteiger partial charge in [-0.3, -0.25) is 23.4 Å². The van der Waals surface area contributed by atoms with Crippen LogP contribution in [0.15, 0.2) is 36.5 Å². The number of carbonyl (C=O) groups is 3. The average Bonchev–Trinajstić information content (AvgIpc) is 3.47. The van der Waals surface area contributed by atoms with Crippen LogP contribution in [0.2, 0.25) is 0 Å². The number of carbonyl (C=O) groups excluding carboxylic acids is 3. The highest BCUT2D eigenvalue weighted by Gasteiger charge is 2.27. The van der Waals surface area contributed by atoms with Crippen LogP contribution in [0.4, 0.5) is 0 Å². The highest BCUT2D eigenvalue weighted by Crippen LogP contribution is 2.43. The first-order valence-corrected chi connectivity index (χ1v) is 21.5. The summed E-state index contributed by atoms with van der Waals surface area (Å²) < 4.78 is 32.6. The summed E-state index contributed by atoms with van der Waals surface area (Å²) in [5.41, 5.74) is 5.33. The fourth-order valence-electron chi connectivity index (χ4n) is 5.92. The molecule has 0 aromatic rings. The van der Waals surface area contributed by atoms with Gasteiger partial charge in [-0.05, 0) is 44.1 Å². The number of hydrogen-bond donors (Lipinski definition) is 3. The van der Waals surface area contributed by atoms with E-state index in [9.17, 15) is 28.9 Å². The second-order valence-corrected chi connectivity index (χ2v) is 15.3. The van der Waals surface area contributed by atoms with Crippen molar-refractivity contribution in [2.24, 2.45) is 17.6 Å². The summed E-state index contributed by atoms with van der Waals surface area (Å²) in [6, 6.07) is 0. The molecule has 52 heavy (non-hydrogen) atoms. The molecule has 0 bridgehead atoms. The lowest BCUT2D eigenvalue weighted by Gasteiger charge is -2.19. The maximum Gasteiger partial charge on any atom is 0.472 e. The second kappa shape index (κ2) is 31.2. The van der Waals surface area contributed by atoms with Crippen molar-refractivity contribution in [2.45, 2.75) is 161 Å². The fourth-order valence-corrected chi connectivity index (χ4v) is 6.68. The predicted octanol–water partition coefficient (Wildman–Crippen LogP) is 8.61. The van der Waals surface area contributed by atoms with Crippen molar-refractivity contribution in [3.05, 3.63) is 36.5 Å². The SMILES string of the molecule is CCCCCCCCCCCCCCC(=O)O[C@H](COC(=O)CCC/C=C\C[C@H]1C=CC(=O)[C@@H]1/C=C/[C@@H](O)CCCCC)COP(=O)(O)OCCN. The van der Waals surface area contributed by atoms with Crippen molar-refractivity contribution in [2.75, 3.05) is 26.4 Å². The Morgan fingerprint density at radius 2 is 1.46 bits per heavy atom. The first-order chi connectivity index (χ1) is 25.1. The number of hydrogen-bond acceptors (Lipinski definition) is 10. The zero-order valence-corrected chi connectivity index (χ0v) is 33.0. The number of aliphatic hydroxyl groups is 1. The number of rotatable bonds is 34. The van der Waals surface area contributed by atoms with Crippen molar-refractivity contribution in [1.29, 1.82) is 0 Å². The topological polar surface area (TPSA) is 172 Å². The van der Waals surface area contributed by atoms with Gasteiger partial charge in [0.25, 0.3) is 0 Å². The molecule has 0 radical (unpaired) electrons. The molecule has 1 aliphatic rings. The molecule has 0 saturated heterocycles. The summed E-state index contributed by atoms with van der Waals surface area (Å²) in [4.78, 5) is 47.2. The van der Waals surface area contributed by atoms with E-state index in [0.717, 1.165) is 38.5 Å². The molecule has 0 fully saturated rings. The summed E-state index contributed by atoms with van der Waals surface area (Å²) in [7, 11) is -4.42. The maximum absolute atomic E-state index is 12.6. The van der Waals surface area contributed by atoms with Crippen LogP contribution in [-0.4, -0.2) is 66.3 Å². The summed E-state index contributed by atoms with van der Waals surface area (Å²) in [6.45, 7) is 3.39. The first kappa shape index (κ1) is 47.9. The van der Waals surface area contributed by atoms with E-state index in [1.54, 1.807) is 12.2 Å². The number of esters is 2. The van der Waals surface area contributed by atoms with Crippen LogP contribution in [0.25, 0.3) is 0 Å². The number of ketones is 1. The Labute approximate surface area is 313 Å². The van der Waals surface area contributed by atoms with E-state index in [2.05, 4.69) is 13.8 Å². The van der Waals surface area contributed by atoms with Gasteiger partial charge in [0.2, 0.25) is 0 Å². The lowest BCUT2D eigenvalue weighted by Crippen LogP contribution is -2.29. The molecule has 0 aromatic heterocycles. The quantitative estimate of drug-likeness (QED) is 0.0249. The van der Waals surface area contributed by atoms with Crippen LogP contribution < -0.4 is 5.73 Å². The van der Waals surface area contributed by atoms with E-state index in [4.69, 9.17) is 24.3 Å². The highest BCUT2D eigenvalue weighted by atomic mass is 31.2. The Hall–Kier alpha value is -2.14. The molecule has 1 unspecified atom stereocenters. The third kappa shape index (κ3) is 25.8. The normalized spacial score (nSPS) is 18.3. The van der Waals surface area contributed by atoms with E-state index in [1.807, 2.05) is 24.3 Å². The minimum absolute atomic E-state index is 0.0254. The highest BCUT2D eigenvalue weighted by molar-refractivity contribution is 7.47. The number of nitrogens with two attached hydrogens (primary N) is 1. The van der Waals surface area contributed by atoms with Crippen LogP contribution in [-0.2, 0) is 37.5 Å². The standard InChI is InChI=1S/C40H70NO10P/c1-3-5-7-8-9-10-11-12-13-14-15-21-25-40(45)51-36(33-50-52(46,47)49-31-30-41)32-48-39(44)24-20-17-16-19-22-34-26-29-38(43)37(34)28-27-35(42)23-18-6-4-2/h16,19,26-29,34-37,42H,3-15,17-18,20-25,30-33,41H2,1-2H3,(H,46,47)/b19-16-,28-27+/t34-,35-,36+,37+/m0/s1. The lowest BCUT2D eigenvalue weighted by molar-refractivity contribution is -0.161. The number of phosphoric ester groups is 1. The van der Waals surface area contributed by atoms with Crippen molar-refractivity contribution in [1.82, 2.24) is 0 Å². The predicted molar refractivity (Wildman–Crippen MR) is 205 cm³/mol. The van der Waals surface area contributed by atoms with E-state index in [0.29, 0.717) is 32.1 Å². The van der Waals surface area contributed by atoms with Gasteiger partial charge in [-0.15, -0.1) is 0 Å². The Balaban J connectivity index is 2.41. The number of ether oxygens (including phenoxy) is 2.